The van der Waals surface area contributed by atoms with Crippen LogP contribution in [0.1, 0.15) is 19.4 Å². The molecule has 0 aliphatic heterocycles. The maximum Gasteiger partial charge on any atom is 0.0933 e. The van der Waals surface area contributed by atoms with Crippen LogP contribution in [0, 0.1) is 11.3 Å². The van der Waals surface area contributed by atoms with E-state index in [2.05, 4.69) is 5.32 Å². The Bertz CT molecular complexity index is 344. The molecule has 0 atom stereocenters. The van der Waals surface area contributed by atoms with E-state index in [-0.39, 0.29) is 0 Å². The van der Waals surface area contributed by atoms with Gasteiger partial charge < -0.3 is 5.32 Å². The maximum absolute atomic E-state index is 8.64. The number of allylic oxidation sites excluding steroid dienone is 1. The molecule has 0 amide bonds. The van der Waals surface area contributed by atoms with Crippen molar-refractivity contribution in [2.75, 3.05) is 0 Å². The standard InChI is InChI=1S/C12H14N2/c1-10(2)14-12(8-9-13)11-6-4-3-5-7-11/h3-8,10,14H,1-2H3/b12-8-. The van der Waals surface area contributed by atoms with E-state index < -0.39 is 0 Å². The molecule has 0 aliphatic carbocycles. The van der Waals surface area contributed by atoms with E-state index in [1.54, 1.807) is 0 Å². The molecule has 0 radical (unpaired) electrons. The van der Waals surface area contributed by atoms with Crippen molar-refractivity contribution in [2.24, 2.45) is 0 Å². The second-order valence-corrected chi connectivity index (χ2v) is 3.35. The van der Waals surface area contributed by atoms with Gasteiger partial charge in [0.1, 0.15) is 0 Å². The lowest BCUT2D eigenvalue weighted by molar-refractivity contribution is 0.717. The molecule has 0 saturated heterocycles. The van der Waals surface area contributed by atoms with Gasteiger partial charge >= 0.3 is 0 Å². The predicted octanol–water partition coefficient (Wildman–Crippen LogP) is 2.55. The van der Waals surface area contributed by atoms with Crippen LogP contribution in [-0.4, -0.2) is 6.04 Å². The molecule has 0 unspecified atom stereocenters. The van der Waals surface area contributed by atoms with E-state index in [4.69, 9.17) is 5.26 Å². The summed E-state index contributed by atoms with van der Waals surface area (Å²) in [5, 5.41) is 11.9. The number of nitriles is 1. The Morgan fingerprint density at radius 2 is 2.00 bits per heavy atom. The first kappa shape index (κ1) is 10.3. The van der Waals surface area contributed by atoms with E-state index >= 15 is 0 Å². The molecule has 1 N–H and O–H groups in total. The Morgan fingerprint density at radius 1 is 1.36 bits per heavy atom. The number of benzene rings is 1. The monoisotopic (exact) mass is 186 g/mol. The lowest BCUT2D eigenvalue weighted by atomic mass is 10.1. The number of nitrogens with one attached hydrogen (secondary N) is 1. The minimum atomic E-state index is 0.329. The molecular formula is C12H14N2. The molecule has 1 aromatic rings. The van der Waals surface area contributed by atoms with Crippen LogP contribution >= 0.6 is 0 Å². The molecule has 1 aromatic carbocycles. The molecule has 0 bridgehead atoms. The summed E-state index contributed by atoms with van der Waals surface area (Å²) >= 11 is 0. The topological polar surface area (TPSA) is 35.8 Å². The molecule has 2 nitrogen and oxygen atoms in total. The van der Waals surface area contributed by atoms with Crippen LogP contribution in [0.15, 0.2) is 36.4 Å². The van der Waals surface area contributed by atoms with Crippen molar-refractivity contribution in [1.29, 1.82) is 5.26 Å². The zero-order chi connectivity index (χ0) is 10.4. The Hall–Kier alpha value is -1.75. The second-order valence-electron chi connectivity index (χ2n) is 3.35. The van der Waals surface area contributed by atoms with E-state index in [9.17, 15) is 0 Å². The van der Waals surface area contributed by atoms with Crippen molar-refractivity contribution in [3.05, 3.63) is 42.0 Å². The molecule has 0 aliphatic rings. The van der Waals surface area contributed by atoms with E-state index in [1.807, 2.05) is 50.2 Å². The summed E-state index contributed by atoms with van der Waals surface area (Å²) in [6.45, 7) is 4.10. The Kier molecular flexibility index (Phi) is 3.75. The number of hydrogen-bond donors (Lipinski definition) is 1. The lowest BCUT2D eigenvalue weighted by Gasteiger charge is -2.13. The van der Waals surface area contributed by atoms with Crippen molar-refractivity contribution in [2.45, 2.75) is 19.9 Å². The summed E-state index contributed by atoms with van der Waals surface area (Å²) in [5.41, 5.74) is 1.92. The number of nitrogens with zero attached hydrogens (tertiary/aromatic N) is 1. The third-order valence-electron chi connectivity index (χ3n) is 1.74. The van der Waals surface area contributed by atoms with Crippen molar-refractivity contribution in [1.82, 2.24) is 5.32 Å². The van der Waals surface area contributed by atoms with Crippen LogP contribution in [-0.2, 0) is 0 Å². The minimum absolute atomic E-state index is 0.329. The highest BCUT2D eigenvalue weighted by molar-refractivity contribution is 5.66. The second kappa shape index (κ2) is 5.08. The fourth-order valence-corrected chi connectivity index (χ4v) is 1.20. The number of rotatable bonds is 3. The van der Waals surface area contributed by atoms with E-state index in [0.717, 1.165) is 11.3 Å². The van der Waals surface area contributed by atoms with Gasteiger partial charge in [-0.2, -0.15) is 5.26 Å². The van der Waals surface area contributed by atoms with Crippen LogP contribution in [0.25, 0.3) is 5.70 Å². The highest BCUT2D eigenvalue weighted by Gasteiger charge is 2.01. The molecule has 0 heterocycles. The number of hydrogen-bond acceptors (Lipinski definition) is 2. The first-order chi connectivity index (χ1) is 6.74. The first-order valence-electron chi connectivity index (χ1n) is 4.66. The van der Waals surface area contributed by atoms with Crippen molar-refractivity contribution in [3.63, 3.8) is 0 Å². The lowest BCUT2D eigenvalue weighted by Crippen LogP contribution is -2.20. The summed E-state index contributed by atoms with van der Waals surface area (Å²) in [4.78, 5) is 0. The van der Waals surface area contributed by atoms with E-state index in [1.165, 1.54) is 6.08 Å². The summed E-state index contributed by atoms with van der Waals surface area (Å²) in [6, 6.07) is 12.2. The third kappa shape index (κ3) is 2.95. The summed E-state index contributed by atoms with van der Waals surface area (Å²) in [6.07, 6.45) is 1.54. The van der Waals surface area contributed by atoms with Gasteiger partial charge in [0.05, 0.1) is 11.8 Å². The SMILES string of the molecule is CC(C)N/C(=C\C#N)c1ccccc1. The highest BCUT2D eigenvalue weighted by Crippen LogP contribution is 2.10. The molecule has 0 spiro atoms. The Labute approximate surface area is 84.9 Å². The fourth-order valence-electron chi connectivity index (χ4n) is 1.20. The zero-order valence-corrected chi connectivity index (χ0v) is 8.49. The summed E-state index contributed by atoms with van der Waals surface area (Å²) < 4.78 is 0. The van der Waals surface area contributed by atoms with Gasteiger partial charge in [-0.05, 0) is 19.4 Å². The van der Waals surface area contributed by atoms with Gasteiger partial charge in [0.25, 0.3) is 0 Å². The van der Waals surface area contributed by atoms with Gasteiger partial charge in [0.2, 0.25) is 0 Å². The normalized spacial score (nSPS) is 11.1. The Morgan fingerprint density at radius 3 is 2.50 bits per heavy atom. The fraction of sp³-hybridized carbons (Fsp3) is 0.250. The molecule has 2 heteroatoms. The molecule has 1 rings (SSSR count). The third-order valence-corrected chi connectivity index (χ3v) is 1.74. The van der Waals surface area contributed by atoms with Crippen LogP contribution < -0.4 is 5.32 Å². The van der Waals surface area contributed by atoms with Crippen molar-refractivity contribution in [3.8, 4) is 6.07 Å². The van der Waals surface area contributed by atoms with Gasteiger partial charge in [-0.15, -0.1) is 0 Å². The molecule has 0 fully saturated rings. The Balaban J connectivity index is 2.91. The van der Waals surface area contributed by atoms with Gasteiger partial charge in [0, 0.05) is 12.1 Å². The van der Waals surface area contributed by atoms with Crippen LogP contribution in [0.3, 0.4) is 0 Å². The van der Waals surface area contributed by atoms with Gasteiger partial charge in [-0.25, -0.2) is 0 Å². The summed E-state index contributed by atoms with van der Waals surface area (Å²) in [5.74, 6) is 0. The molecule has 0 aromatic heterocycles. The van der Waals surface area contributed by atoms with Crippen molar-refractivity contribution < 1.29 is 0 Å². The van der Waals surface area contributed by atoms with Crippen LogP contribution in [0.5, 0.6) is 0 Å². The van der Waals surface area contributed by atoms with Gasteiger partial charge in [-0.3, -0.25) is 0 Å². The predicted molar refractivity (Wildman–Crippen MR) is 58.3 cm³/mol. The van der Waals surface area contributed by atoms with Crippen LogP contribution in [0.4, 0.5) is 0 Å². The quantitative estimate of drug-likeness (QED) is 0.736. The molecule has 0 saturated carbocycles. The van der Waals surface area contributed by atoms with Crippen molar-refractivity contribution >= 4 is 5.70 Å². The van der Waals surface area contributed by atoms with Gasteiger partial charge in [0.15, 0.2) is 0 Å². The first-order valence-corrected chi connectivity index (χ1v) is 4.66. The average molecular weight is 186 g/mol. The minimum Gasteiger partial charge on any atom is -0.382 e. The average Bonchev–Trinajstić information content (AvgIpc) is 2.18. The molecular weight excluding hydrogens is 172 g/mol. The highest BCUT2D eigenvalue weighted by atomic mass is 14.9. The zero-order valence-electron chi connectivity index (χ0n) is 8.49. The maximum atomic E-state index is 8.64. The smallest absolute Gasteiger partial charge is 0.0933 e. The van der Waals surface area contributed by atoms with E-state index in [0.29, 0.717) is 6.04 Å². The van der Waals surface area contributed by atoms with Gasteiger partial charge in [-0.1, -0.05) is 30.3 Å². The largest absolute Gasteiger partial charge is 0.382 e. The molecule has 72 valence electrons. The van der Waals surface area contributed by atoms with Crippen LogP contribution in [0.2, 0.25) is 0 Å². The molecule has 14 heavy (non-hydrogen) atoms. The summed E-state index contributed by atoms with van der Waals surface area (Å²) in [7, 11) is 0.